The van der Waals surface area contributed by atoms with E-state index in [-0.39, 0.29) is 17.4 Å². The summed E-state index contributed by atoms with van der Waals surface area (Å²) in [4.78, 5) is 17.4. The first kappa shape index (κ1) is 18.4. The number of aromatic nitrogens is 1. The number of carbonyl (C=O) groups excluding carboxylic acids is 1. The maximum Gasteiger partial charge on any atom is 0.226 e. The normalized spacial score (nSPS) is 19.3. The van der Waals surface area contributed by atoms with Crippen molar-refractivity contribution in [3.05, 3.63) is 47.5 Å². The Bertz CT molecular complexity index is 1090. The van der Waals surface area contributed by atoms with Gasteiger partial charge >= 0.3 is 0 Å². The highest BCUT2D eigenvalue weighted by atomic mass is 32.1. The summed E-state index contributed by atoms with van der Waals surface area (Å²) in [5.41, 5.74) is 3.08. The van der Waals surface area contributed by atoms with Crippen LogP contribution in [0.25, 0.3) is 10.2 Å². The van der Waals surface area contributed by atoms with Crippen molar-refractivity contribution in [2.75, 3.05) is 12.4 Å². The van der Waals surface area contributed by atoms with Crippen molar-refractivity contribution < 1.29 is 14.3 Å². The molecular formula is C23H24N2O3S. The Morgan fingerprint density at radius 2 is 2.17 bits per heavy atom. The van der Waals surface area contributed by atoms with Crippen LogP contribution in [0.3, 0.4) is 0 Å². The zero-order valence-corrected chi connectivity index (χ0v) is 17.5. The Morgan fingerprint density at radius 1 is 1.31 bits per heavy atom. The standard InChI is InChI=1S/C23H24N2O3S/c1-14-4-6-18-20(10-14)29-22(24-18)25-21(26)11-15-13-23(8-3-9-23)28-19-7-5-16(27-2)12-17(15)19/h4-7,10,12,15H,3,8-9,11,13H2,1-2H3,(H,24,25,26). The highest BCUT2D eigenvalue weighted by Crippen LogP contribution is 2.51. The fraction of sp³-hybridized carbons (Fsp3) is 0.391. The minimum atomic E-state index is -0.0973. The molecule has 3 aromatic rings. The number of nitrogens with one attached hydrogen (secondary N) is 1. The molecule has 2 aromatic carbocycles. The van der Waals surface area contributed by atoms with E-state index in [1.807, 2.05) is 30.3 Å². The lowest BCUT2D eigenvalue weighted by molar-refractivity contribution is -0.117. The number of carbonyl (C=O) groups is 1. The van der Waals surface area contributed by atoms with Gasteiger partial charge in [0.2, 0.25) is 5.91 Å². The van der Waals surface area contributed by atoms with Gasteiger partial charge in [-0.25, -0.2) is 4.98 Å². The summed E-state index contributed by atoms with van der Waals surface area (Å²) in [6.07, 6.45) is 4.61. The Hall–Kier alpha value is -2.60. The number of rotatable bonds is 4. The minimum absolute atomic E-state index is 0.00378. The molecule has 29 heavy (non-hydrogen) atoms. The maximum absolute atomic E-state index is 12.9. The van der Waals surface area contributed by atoms with Crippen molar-refractivity contribution in [3.63, 3.8) is 0 Å². The summed E-state index contributed by atoms with van der Waals surface area (Å²) < 4.78 is 12.8. The van der Waals surface area contributed by atoms with Crippen LogP contribution in [-0.2, 0) is 4.79 Å². The van der Waals surface area contributed by atoms with E-state index in [0.29, 0.717) is 11.6 Å². The molecule has 1 fully saturated rings. The van der Waals surface area contributed by atoms with E-state index in [0.717, 1.165) is 46.5 Å². The zero-order chi connectivity index (χ0) is 20.0. The maximum atomic E-state index is 12.9. The van der Waals surface area contributed by atoms with Crippen LogP contribution in [0.15, 0.2) is 36.4 Å². The molecule has 1 spiro atoms. The molecule has 0 saturated heterocycles. The van der Waals surface area contributed by atoms with E-state index < -0.39 is 0 Å². The number of aryl methyl sites for hydroxylation is 1. The Labute approximate surface area is 174 Å². The van der Waals surface area contributed by atoms with Crippen LogP contribution in [0.4, 0.5) is 5.13 Å². The first-order valence-electron chi connectivity index (χ1n) is 10.1. The summed E-state index contributed by atoms with van der Waals surface area (Å²) in [6, 6.07) is 12.1. The van der Waals surface area contributed by atoms with Gasteiger partial charge in [-0.1, -0.05) is 17.4 Å². The number of ether oxygens (including phenoxy) is 2. The SMILES string of the molecule is COc1ccc2c(c1)C(CC(=O)Nc1nc3ccc(C)cc3s1)CC1(CCC1)O2. The van der Waals surface area contributed by atoms with Gasteiger partial charge in [0.1, 0.15) is 17.1 Å². The topological polar surface area (TPSA) is 60.5 Å². The molecule has 1 aliphatic carbocycles. The minimum Gasteiger partial charge on any atom is -0.497 e. The molecule has 1 atom stereocenters. The van der Waals surface area contributed by atoms with Gasteiger partial charge in [-0.15, -0.1) is 0 Å². The van der Waals surface area contributed by atoms with Crippen molar-refractivity contribution in [2.45, 2.75) is 50.5 Å². The summed E-state index contributed by atoms with van der Waals surface area (Å²) in [5, 5.41) is 3.68. The van der Waals surface area contributed by atoms with E-state index in [1.165, 1.54) is 23.3 Å². The number of anilines is 1. The molecule has 1 amide bonds. The van der Waals surface area contributed by atoms with Crippen LogP contribution in [0, 0.1) is 6.92 Å². The van der Waals surface area contributed by atoms with Crippen LogP contribution in [0.2, 0.25) is 0 Å². The van der Waals surface area contributed by atoms with Crippen molar-refractivity contribution >= 4 is 32.6 Å². The molecule has 2 heterocycles. The Kier molecular flexibility index (Phi) is 4.46. The summed E-state index contributed by atoms with van der Waals surface area (Å²) in [7, 11) is 1.66. The second-order valence-electron chi connectivity index (χ2n) is 8.19. The second-order valence-corrected chi connectivity index (χ2v) is 9.22. The van der Waals surface area contributed by atoms with Crippen molar-refractivity contribution in [3.8, 4) is 11.5 Å². The molecule has 1 aliphatic heterocycles. The first-order chi connectivity index (χ1) is 14.0. The van der Waals surface area contributed by atoms with Gasteiger partial charge in [0, 0.05) is 17.9 Å². The van der Waals surface area contributed by atoms with Crippen molar-refractivity contribution in [1.82, 2.24) is 4.98 Å². The monoisotopic (exact) mass is 408 g/mol. The van der Waals surface area contributed by atoms with Crippen molar-refractivity contribution in [2.24, 2.45) is 0 Å². The third-order valence-corrected chi connectivity index (χ3v) is 7.02. The molecule has 2 aliphatic rings. The quantitative estimate of drug-likeness (QED) is 0.625. The van der Waals surface area contributed by atoms with Crippen molar-refractivity contribution in [1.29, 1.82) is 0 Å². The zero-order valence-electron chi connectivity index (χ0n) is 16.7. The lowest BCUT2D eigenvalue weighted by Gasteiger charge is -2.48. The average Bonchev–Trinajstić information content (AvgIpc) is 3.07. The summed E-state index contributed by atoms with van der Waals surface area (Å²) in [5.74, 6) is 1.80. The van der Waals surface area contributed by atoms with Crippen LogP contribution in [0.1, 0.15) is 49.1 Å². The smallest absolute Gasteiger partial charge is 0.226 e. The average molecular weight is 409 g/mol. The number of fused-ring (bicyclic) bond motifs is 2. The Balaban J connectivity index is 1.37. The van der Waals surface area contributed by atoms with E-state index in [2.05, 4.69) is 23.3 Å². The number of benzene rings is 2. The number of hydrogen-bond acceptors (Lipinski definition) is 5. The lowest BCUT2D eigenvalue weighted by atomic mass is 9.70. The predicted octanol–water partition coefficient (Wildman–Crippen LogP) is 5.43. The molecule has 1 saturated carbocycles. The molecule has 0 radical (unpaired) electrons. The first-order valence-corrected chi connectivity index (χ1v) is 10.9. The lowest BCUT2D eigenvalue weighted by Crippen LogP contribution is -2.47. The fourth-order valence-corrected chi connectivity index (χ4v) is 5.42. The number of methoxy groups -OCH3 is 1. The molecule has 0 bridgehead atoms. The molecule has 5 nitrogen and oxygen atoms in total. The molecular weight excluding hydrogens is 384 g/mol. The van der Waals surface area contributed by atoms with Crippen LogP contribution in [-0.4, -0.2) is 23.6 Å². The molecule has 1 N–H and O–H groups in total. The number of amides is 1. The Morgan fingerprint density at radius 3 is 2.93 bits per heavy atom. The van der Waals surface area contributed by atoms with E-state index in [1.54, 1.807) is 7.11 Å². The van der Waals surface area contributed by atoms with E-state index in [9.17, 15) is 4.79 Å². The van der Waals surface area contributed by atoms with Gasteiger partial charge in [-0.3, -0.25) is 4.79 Å². The molecule has 1 aromatic heterocycles. The highest BCUT2D eigenvalue weighted by molar-refractivity contribution is 7.22. The molecule has 150 valence electrons. The summed E-state index contributed by atoms with van der Waals surface area (Å²) in [6.45, 7) is 2.06. The molecule has 6 heteroatoms. The summed E-state index contributed by atoms with van der Waals surface area (Å²) >= 11 is 1.52. The number of hydrogen-bond donors (Lipinski definition) is 1. The fourth-order valence-electron chi connectivity index (χ4n) is 4.44. The van der Waals surface area contributed by atoms with Gasteiger partial charge in [0.05, 0.1) is 17.3 Å². The van der Waals surface area contributed by atoms with Gasteiger partial charge in [0.15, 0.2) is 5.13 Å². The van der Waals surface area contributed by atoms with E-state index >= 15 is 0 Å². The third-order valence-electron chi connectivity index (χ3n) is 6.09. The van der Waals surface area contributed by atoms with Gasteiger partial charge in [-0.2, -0.15) is 0 Å². The second kappa shape index (κ2) is 7.02. The molecule has 1 unspecified atom stereocenters. The van der Waals surface area contributed by atoms with Crippen LogP contribution in [0.5, 0.6) is 11.5 Å². The largest absolute Gasteiger partial charge is 0.497 e. The number of nitrogens with zero attached hydrogens (tertiary/aromatic N) is 1. The number of thiazole rings is 1. The third kappa shape index (κ3) is 3.46. The molecule has 5 rings (SSSR count). The van der Waals surface area contributed by atoms with Gasteiger partial charge in [0.25, 0.3) is 0 Å². The van der Waals surface area contributed by atoms with Gasteiger partial charge < -0.3 is 14.8 Å². The van der Waals surface area contributed by atoms with E-state index in [4.69, 9.17) is 9.47 Å². The van der Waals surface area contributed by atoms with Crippen LogP contribution < -0.4 is 14.8 Å². The highest BCUT2D eigenvalue weighted by Gasteiger charge is 2.46. The van der Waals surface area contributed by atoms with Gasteiger partial charge in [-0.05, 0) is 68.5 Å². The predicted molar refractivity (Wildman–Crippen MR) is 115 cm³/mol. The van der Waals surface area contributed by atoms with Crippen LogP contribution >= 0.6 is 11.3 Å².